The van der Waals surface area contributed by atoms with Gasteiger partial charge in [0.1, 0.15) is 0 Å². The first-order chi connectivity index (χ1) is 7.18. The number of amides is 1. The van der Waals surface area contributed by atoms with Crippen LogP contribution < -0.4 is 5.32 Å². The molecule has 2 rings (SSSR count). The van der Waals surface area contributed by atoms with Crippen molar-refractivity contribution in [3.8, 4) is 0 Å². The third-order valence-electron chi connectivity index (χ3n) is 3.71. The van der Waals surface area contributed by atoms with Crippen LogP contribution in [-0.2, 0) is 4.79 Å². The summed E-state index contributed by atoms with van der Waals surface area (Å²) >= 11 is 0. The molecule has 16 heavy (non-hydrogen) atoms. The molecule has 0 radical (unpaired) electrons. The maximum Gasteiger partial charge on any atom is 0.227 e. The van der Waals surface area contributed by atoms with Crippen molar-refractivity contribution in [2.75, 3.05) is 19.6 Å². The number of nitrogens with zero attached hydrogens (tertiary/aromatic N) is 1. The van der Waals surface area contributed by atoms with E-state index >= 15 is 0 Å². The lowest BCUT2D eigenvalue weighted by atomic mass is 9.98. The fourth-order valence-electron chi connectivity index (χ4n) is 2.90. The third kappa shape index (κ3) is 2.89. The van der Waals surface area contributed by atoms with Crippen LogP contribution in [0.15, 0.2) is 0 Å². The molecule has 2 fully saturated rings. The van der Waals surface area contributed by atoms with Crippen LogP contribution in [0, 0.1) is 11.8 Å². The van der Waals surface area contributed by atoms with Gasteiger partial charge in [0.2, 0.25) is 5.91 Å². The zero-order valence-corrected chi connectivity index (χ0v) is 11.1. The number of hydrogen-bond donors (Lipinski definition) is 1. The summed E-state index contributed by atoms with van der Waals surface area (Å²) in [6.07, 6.45) is 3.39. The topological polar surface area (TPSA) is 32.3 Å². The van der Waals surface area contributed by atoms with Gasteiger partial charge >= 0.3 is 0 Å². The lowest BCUT2D eigenvalue weighted by Crippen LogP contribution is -2.44. The van der Waals surface area contributed by atoms with Gasteiger partial charge in [-0.15, -0.1) is 12.4 Å². The first-order valence-electron chi connectivity index (χ1n) is 6.19. The Morgan fingerprint density at radius 3 is 2.62 bits per heavy atom. The Morgan fingerprint density at radius 2 is 2.12 bits per heavy atom. The van der Waals surface area contributed by atoms with E-state index in [2.05, 4.69) is 24.1 Å². The summed E-state index contributed by atoms with van der Waals surface area (Å²) in [5.41, 5.74) is 0. The molecule has 0 aromatic heterocycles. The van der Waals surface area contributed by atoms with Gasteiger partial charge in [-0.3, -0.25) is 4.79 Å². The van der Waals surface area contributed by atoms with Gasteiger partial charge in [0, 0.05) is 19.1 Å². The van der Waals surface area contributed by atoms with E-state index in [-0.39, 0.29) is 18.3 Å². The molecule has 0 saturated carbocycles. The van der Waals surface area contributed by atoms with E-state index in [9.17, 15) is 4.79 Å². The highest BCUT2D eigenvalue weighted by molar-refractivity contribution is 5.85. The van der Waals surface area contributed by atoms with Gasteiger partial charge in [-0.05, 0) is 38.6 Å². The average Bonchev–Trinajstić information content (AvgIpc) is 2.58. The summed E-state index contributed by atoms with van der Waals surface area (Å²) in [6, 6.07) is 0.453. The second kappa shape index (κ2) is 5.87. The molecule has 2 aliphatic rings. The summed E-state index contributed by atoms with van der Waals surface area (Å²) in [7, 11) is 0. The van der Waals surface area contributed by atoms with Crippen LogP contribution in [0.3, 0.4) is 0 Å². The SMILES string of the molecule is CC1CC(C)N(C(=O)[C@@H]2CCCNC2)C1.Cl. The Bertz CT molecular complexity index is 241. The Hall–Kier alpha value is -0.280. The van der Waals surface area contributed by atoms with E-state index in [0.29, 0.717) is 17.9 Å². The van der Waals surface area contributed by atoms with E-state index in [1.165, 1.54) is 6.42 Å². The first kappa shape index (κ1) is 13.8. The van der Waals surface area contributed by atoms with Gasteiger partial charge in [0.05, 0.1) is 5.92 Å². The molecular formula is C12H23ClN2O. The lowest BCUT2D eigenvalue weighted by molar-refractivity contribution is -0.136. The van der Waals surface area contributed by atoms with Crippen molar-refractivity contribution < 1.29 is 4.79 Å². The van der Waals surface area contributed by atoms with Crippen LogP contribution in [-0.4, -0.2) is 36.5 Å². The van der Waals surface area contributed by atoms with Crippen LogP contribution in [0.5, 0.6) is 0 Å². The summed E-state index contributed by atoms with van der Waals surface area (Å²) < 4.78 is 0. The van der Waals surface area contributed by atoms with Crippen molar-refractivity contribution in [3.05, 3.63) is 0 Å². The Labute approximate surface area is 104 Å². The minimum absolute atomic E-state index is 0. The number of carbonyl (C=O) groups is 1. The fraction of sp³-hybridized carbons (Fsp3) is 0.917. The minimum Gasteiger partial charge on any atom is -0.339 e. The van der Waals surface area contributed by atoms with Crippen LogP contribution in [0.25, 0.3) is 0 Å². The number of carbonyl (C=O) groups excluding carboxylic acids is 1. The number of hydrogen-bond acceptors (Lipinski definition) is 2. The summed E-state index contributed by atoms with van der Waals surface area (Å²) in [4.78, 5) is 14.3. The molecule has 4 heteroatoms. The number of rotatable bonds is 1. The second-order valence-corrected chi connectivity index (χ2v) is 5.22. The molecule has 0 bridgehead atoms. The Balaban J connectivity index is 0.00000128. The standard InChI is InChI=1S/C12H22N2O.ClH/c1-9-6-10(2)14(8-9)12(15)11-4-3-5-13-7-11;/h9-11,13H,3-8H2,1-2H3;1H/t9?,10?,11-;/m1./s1. The molecule has 2 unspecified atom stereocenters. The fourth-order valence-corrected chi connectivity index (χ4v) is 2.90. The summed E-state index contributed by atoms with van der Waals surface area (Å²) in [5, 5.41) is 3.32. The highest BCUT2D eigenvalue weighted by atomic mass is 35.5. The molecule has 0 aliphatic carbocycles. The molecule has 3 atom stereocenters. The van der Waals surface area contributed by atoms with Gasteiger partial charge in [-0.2, -0.15) is 0 Å². The Morgan fingerprint density at radius 1 is 1.38 bits per heavy atom. The normalized spacial score (nSPS) is 34.6. The average molecular weight is 247 g/mol. The van der Waals surface area contributed by atoms with E-state index < -0.39 is 0 Å². The lowest BCUT2D eigenvalue weighted by Gasteiger charge is -2.29. The highest BCUT2D eigenvalue weighted by Crippen LogP contribution is 2.25. The van der Waals surface area contributed by atoms with Gasteiger partial charge in [0.25, 0.3) is 0 Å². The van der Waals surface area contributed by atoms with E-state index in [1.54, 1.807) is 0 Å². The third-order valence-corrected chi connectivity index (χ3v) is 3.71. The molecule has 0 aromatic rings. The van der Waals surface area contributed by atoms with Crippen molar-refractivity contribution >= 4 is 18.3 Å². The number of nitrogens with one attached hydrogen (secondary N) is 1. The monoisotopic (exact) mass is 246 g/mol. The predicted molar refractivity (Wildman–Crippen MR) is 67.8 cm³/mol. The number of piperidine rings is 1. The molecule has 1 amide bonds. The predicted octanol–water partition coefficient (Wildman–Crippen LogP) is 1.66. The van der Waals surface area contributed by atoms with Crippen molar-refractivity contribution in [3.63, 3.8) is 0 Å². The maximum absolute atomic E-state index is 12.2. The van der Waals surface area contributed by atoms with Crippen molar-refractivity contribution in [2.45, 2.75) is 39.2 Å². The highest BCUT2D eigenvalue weighted by Gasteiger charge is 2.34. The quantitative estimate of drug-likeness (QED) is 0.763. The molecule has 3 nitrogen and oxygen atoms in total. The van der Waals surface area contributed by atoms with Crippen LogP contribution in [0.2, 0.25) is 0 Å². The summed E-state index contributed by atoms with van der Waals surface area (Å²) in [5.74, 6) is 1.31. The van der Waals surface area contributed by atoms with E-state index in [0.717, 1.165) is 32.5 Å². The zero-order valence-electron chi connectivity index (χ0n) is 10.2. The number of halogens is 1. The summed E-state index contributed by atoms with van der Waals surface area (Å²) in [6.45, 7) is 7.35. The van der Waals surface area contributed by atoms with Gasteiger partial charge in [-0.1, -0.05) is 6.92 Å². The Kier molecular flexibility index (Phi) is 5.06. The molecule has 1 N–H and O–H groups in total. The number of likely N-dealkylation sites (tertiary alicyclic amines) is 1. The smallest absolute Gasteiger partial charge is 0.227 e. The molecule has 94 valence electrons. The molecule has 2 saturated heterocycles. The van der Waals surface area contributed by atoms with Crippen molar-refractivity contribution in [1.29, 1.82) is 0 Å². The van der Waals surface area contributed by atoms with Crippen molar-refractivity contribution in [2.24, 2.45) is 11.8 Å². The van der Waals surface area contributed by atoms with Gasteiger partial charge < -0.3 is 10.2 Å². The largest absolute Gasteiger partial charge is 0.339 e. The minimum atomic E-state index is 0. The molecular weight excluding hydrogens is 224 g/mol. The van der Waals surface area contributed by atoms with Crippen molar-refractivity contribution in [1.82, 2.24) is 10.2 Å². The molecule has 2 aliphatic heterocycles. The second-order valence-electron chi connectivity index (χ2n) is 5.22. The van der Waals surface area contributed by atoms with E-state index in [4.69, 9.17) is 0 Å². The molecule has 0 aromatic carbocycles. The van der Waals surface area contributed by atoms with E-state index in [1.807, 2.05) is 0 Å². The molecule has 0 spiro atoms. The van der Waals surface area contributed by atoms with Crippen LogP contribution in [0.1, 0.15) is 33.1 Å². The molecule has 2 heterocycles. The maximum atomic E-state index is 12.2. The van der Waals surface area contributed by atoms with Gasteiger partial charge in [-0.25, -0.2) is 0 Å². The van der Waals surface area contributed by atoms with Crippen LogP contribution in [0.4, 0.5) is 0 Å². The zero-order chi connectivity index (χ0) is 10.8. The van der Waals surface area contributed by atoms with Gasteiger partial charge in [0.15, 0.2) is 0 Å². The first-order valence-corrected chi connectivity index (χ1v) is 6.19. The van der Waals surface area contributed by atoms with Crippen LogP contribution >= 0.6 is 12.4 Å².